The highest BCUT2D eigenvalue weighted by Gasteiger charge is 2.17. The number of aromatic nitrogens is 3. The molecule has 1 amide bonds. The molecule has 0 spiro atoms. The summed E-state index contributed by atoms with van der Waals surface area (Å²) >= 11 is 1.37. The van der Waals surface area contributed by atoms with Gasteiger partial charge >= 0.3 is 0 Å². The second-order valence-electron chi connectivity index (χ2n) is 7.68. The average molecular weight is 508 g/mol. The number of non-ortho nitro benzene ring substituents is 1. The zero-order valence-corrected chi connectivity index (χ0v) is 19.9. The third-order valence-corrected chi connectivity index (χ3v) is 6.09. The standard InChI is InChI=1S/C25H22FN5O4S/c26-20-8-6-19(7-9-20)17-36-25-29-28-23(30(25)21-10-12-22(13-11-21)31(33)34)14-27-24(32)16-35-15-18-4-2-1-3-5-18/h1-13H,14-17H2,(H,27,32). The molecule has 0 aliphatic rings. The number of nitrogens with zero attached hydrogens (tertiary/aromatic N) is 4. The van der Waals surface area contributed by atoms with Gasteiger partial charge in [0.2, 0.25) is 5.91 Å². The largest absolute Gasteiger partial charge is 0.367 e. The van der Waals surface area contributed by atoms with Gasteiger partial charge in [0.05, 0.1) is 18.1 Å². The Bertz CT molecular complexity index is 1310. The van der Waals surface area contributed by atoms with E-state index in [1.807, 2.05) is 30.3 Å². The van der Waals surface area contributed by atoms with Crippen molar-refractivity contribution >= 4 is 23.4 Å². The van der Waals surface area contributed by atoms with Crippen LogP contribution in [0.15, 0.2) is 84.0 Å². The molecule has 0 aliphatic carbocycles. The summed E-state index contributed by atoms with van der Waals surface area (Å²) in [5.41, 5.74) is 2.42. The van der Waals surface area contributed by atoms with Crippen LogP contribution in [0.2, 0.25) is 0 Å². The monoisotopic (exact) mass is 507 g/mol. The number of hydrogen-bond acceptors (Lipinski definition) is 7. The number of nitro benzene ring substituents is 1. The van der Waals surface area contributed by atoms with E-state index < -0.39 is 4.92 Å². The van der Waals surface area contributed by atoms with E-state index in [0.29, 0.717) is 29.0 Å². The summed E-state index contributed by atoms with van der Waals surface area (Å²) in [6.07, 6.45) is 0. The second kappa shape index (κ2) is 12.0. The summed E-state index contributed by atoms with van der Waals surface area (Å²) in [6, 6.07) is 21.6. The summed E-state index contributed by atoms with van der Waals surface area (Å²) in [4.78, 5) is 22.9. The number of carbonyl (C=O) groups is 1. The van der Waals surface area contributed by atoms with Gasteiger partial charge in [0.15, 0.2) is 11.0 Å². The molecule has 0 aliphatic heterocycles. The van der Waals surface area contributed by atoms with E-state index in [1.54, 1.807) is 28.8 Å². The van der Waals surface area contributed by atoms with Crippen LogP contribution in [0, 0.1) is 15.9 Å². The number of carbonyl (C=O) groups excluding carboxylic acids is 1. The van der Waals surface area contributed by atoms with Gasteiger partial charge in [0.25, 0.3) is 5.69 Å². The molecular weight excluding hydrogens is 485 g/mol. The number of amides is 1. The lowest BCUT2D eigenvalue weighted by Crippen LogP contribution is -2.28. The van der Waals surface area contributed by atoms with Gasteiger partial charge in [-0.05, 0) is 35.4 Å². The number of benzene rings is 3. The fourth-order valence-electron chi connectivity index (χ4n) is 3.28. The average Bonchev–Trinajstić information content (AvgIpc) is 3.30. The van der Waals surface area contributed by atoms with Crippen molar-refractivity contribution in [3.8, 4) is 5.69 Å². The molecule has 36 heavy (non-hydrogen) atoms. The first-order chi connectivity index (χ1) is 17.5. The normalized spacial score (nSPS) is 10.8. The minimum absolute atomic E-state index is 0.0437. The SMILES string of the molecule is O=C(COCc1ccccc1)NCc1nnc(SCc2ccc(F)cc2)n1-c1ccc([N+](=O)[O-])cc1. The molecule has 1 N–H and O–H groups in total. The van der Waals surface area contributed by atoms with Gasteiger partial charge in [-0.2, -0.15) is 0 Å². The van der Waals surface area contributed by atoms with Gasteiger partial charge < -0.3 is 10.1 Å². The molecule has 11 heteroatoms. The lowest BCUT2D eigenvalue weighted by atomic mass is 10.2. The molecule has 184 valence electrons. The Kier molecular flexibility index (Phi) is 8.37. The van der Waals surface area contributed by atoms with Crippen LogP contribution >= 0.6 is 11.8 Å². The minimum Gasteiger partial charge on any atom is -0.367 e. The summed E-state index contributed by atoms with van der Waals surface area (Å²) in [5.74, 6) is 0.320. The van der Waals surface area contributed by atoms with Crippen molar-refractivity contribution in [1.29, 1.82) is 0 Å². The highest BCUT2D eigenvalue weighted by atomic mass is 32.2. The number of nitrogens with one attached hydrogen (secondary N) is 1. The highest BCUT2D eigenvalue weighted by Crippen LogP contribution is 2.26. The summed E-state index contributed by atoms with van der Waals surface area (Å²) in [6.45, 7) is 0.277. The smallest absolute Gasteiger partial charge is 0.269 e. The molecule has 4 rings (SSSR count). The van der Waals surface area contributed by atoms with Crippen LogP contribution in [0.3, 0.4) is 0 Å². The highest BCUT2D eigenvalue weighted by molar-refractivity contribution is 7.98. The number of ether oxygens (including phenoxy) is 1. The first-order valence-electron chi connectivity index (χ1n) is 10.9. The Morgan fingerprint density at radius 3 is 2.42 bits per heavy atom. The second-order valence-corrected chi connectivity index (χ2v) is 8.62. The minimum atomic E-state index is -0.475. The molecule has 0 unspecified atom stereocenters. The van der Waals surface area contributed by atoms with Gasteiger partial charge in [-0.1, -0.05) is 54.2 Å². The van der Waals surface area contributed by atoms with E-state index in [9.17, 15) is 19.3 Å². The number of rotatable bonds is 11. The van der Waals surface area contributed by atoms with E-state index in [-0.39, 0.29) is 30.6 Å². The number of nitro groups is 1. The quantitative estimate of drug-likeness (QED) is 0.181. The zero-order valence-electron chi connectivity index (χ0n) is 19.0. The Morgan fingerprint density at radius 1 is 1.00 bits per heavy atom. The molecule has 9 nitrogen and oxygen atoms in total. The predicted molar refractivity (Wildman–Crippen MR) is 132 cm³/mol. The summed E-state index contributed by atoms with van der Waals surface area (Å²) in [7, 11) is 0. The maximum Gasteiger partial charge on any atom is 0.269 e. The first kappa shape index (κ1) is 25.0. The molecule has 1 aromatic heterocycles. The molecule has 0 atom stereocenters. The van der Waals surface area contributed by atoms with Gasteiger partial charge in [0, 0.05) is 23.6 Å². The van der Waals surface area contributed by atoms with Crippen LogP contribution in [-0.4, -0.2) is 32.2 Å². The van der Waals surface area contributed by atoms with Crippen molar-refractivity contribution in [2.45, 2.75) is 24.1 Å². The molecule has 0 saturated heterocycles. The Hall–Kier alpha value is -4.09. The van der Waals surface area contributed by atoms with Crippen molar-refractivity contribution in [3.63, 3.8) is 0 Å². The maximum absolute atomic E-state index is 13.2. The molecule has 0 fully saturated rings. The number of hydrogen-bond donors (Lipinski definition) is 1. The fourth-order valence-corrected chi connectivity index (χ4v) is 4.21. The van der Waals surface area contributed by atoms with E-state index in [0.717, 1.165) is 11.1 Å². The topological polar surface area (TPSA) is 112 Å². The van der Waals surface area contributed by atoms with Crippen molar-refractivity contribution in [3.05, 3.63) is 112 Å². The fraction of sp³-hybridized carbons (Fsp3) is 0.160. The number of thioether (sulfide) groups is 1. The Labute approximate surface area is 210 Å². The number of halogens is 1. The third kappa shape index (κ3) is 6.74. The molecule has 3 aromatic carbocycles. The van der Waals surface area contributed by atoms with Crippen molar-refractivity contribution in [2.24, 2.45) is 0 Å². The molecule has 0 bridgehead atoms. The van der Waals surface area contributed by atoms with E-state index in [2.05, 4.69) is 15.5 Å². The van der Waals surface area contributed by atoms with Gasteiger partial charge in [-0.25, -0.2) is 4.39 Å². The molecule has 4 aromatic rings. The zero-order chi connectivity index (χ0) is 25.3. The van der Waals surface area contributed by atoms with Gasteiger partial charge in [-0.15, -0.1) is 10.2 Å². The lowest BCUT2D eigenvalue weighted by Gasteiger charge is -2.11. The third-order valence-electron chi connectivity index (χ3n) is 5.09. The summed E-state index contributed by atoms with van der Waals surface area (Å²) in [5, 5.41) is 22.8. The Balaban J connectivity index is 1.45. The summed E-state index contributed by atoms with van der Waals surface area (Å²) < 4.78 is 20.4. The molecule has 1 heterocycles. The van der Waals surface area contributed by atoms with Crippen molar-refractivity contribution in [1.82, 2.24) is 20.1 Å². The first-order valence-corrected chi connectivity index (χ1v) is 11.9. The van der Waals surface area contributed by atoms with Crippen LogP contribution in [0.5, 0.6) is 0 Å². The van der Waals surface area contributed by atoms with Crippen LogP contribution in [0.4, 0.5) is 10.1 Å². The molecular formula is C25H22FN5O4S. The van der Waals surface area contributed by atoms with Crippen LogP contribution in [-0.2, 0) is 28.4 Å². The van der Waals surface area contributed by atoms with Crippen molar-refractivity contribution < 1.29 is 18.8 Å². The lowest BCUT2D eigenvalue weighted by molar-refractivity contribution is -0.384. The maximum atomic E-state index is 13.2. The van der Waals surface area contributed by atoms with Gasteiger partial charge in [-0.3, -0.25) is 19.5 Å². The van der Waals surface area contributed by atoms with E-state index in [1.165, 1.54) is 36.0 Å². The van der Waals surface area contributed by atoms with E-state index >= 15 is 0 Å². The molecule has 0 saturated carbocycles. The van der Waals surface area contributed by atoms with Crippen molar-refractivity contribution in [2.75, 3.05) is 6.61 Å². The Morgan fingerprint density at radius 2 is 1.72 bits per heavy atom. The van der Waals surface area contributed by atoms with E-state index in [4.69, 9.17) is 4.74 Å². The van der Waals surface area contributed by atoms with Crippen LogP contribution in [0.1, 0.15) is 17.0 Å². The molecule has 0 radical (unpaired) electrons. The van der Waals surface area contributed by atoms with Crippen LogP contribution < -0.4 is 5.32 Å². The van der Waals surface area contributed by atoms with Crippen LogP contribution in [0.25, 0.3) is 5.69 Å². The van der Waals surface area contributed by atoms with Gasteiger partial charge in [0.1, 0.15) is 12.4 Å². The predicted octanol–water partition coefficient (Wildman–Crippen LogP) is 4.44.